The molecule has 150 valence electrons. The fourth-order valence-electron chi connectivity index (χ4n) is 2.53. The van der Waals surface area contributed by atoms with E-state index in [4.69, 9.17) is 16.3 Å². The van der Waals surface area contributed by atoms with Gasteiger partial charge in [-0.1, -0.05) is 23.7 Å². The van der Waals surface area contributed by atoms with E-state index in [-0.39, 0.29) is 30.1 Å². The van der Waals surface area contributed by atoms with Gasteiger partial charge in [0.1, 0.15) is 11.1 Å². The minimum atomic E-state index is 0. The number of guanidine groups is 1. The maximum atomic E-state index is 5.92. The molecule has 0 fully saturated rings. The van der Waals surface area contributed by atoms with Crippen molar-refractivity contribution in [2.24, 2.45) is 4.99 Å². The highest BCUT2D eigenvalue weighted by Crippen LogP contribution is 2.20. The Morgan fingerprint density at radius 3 is 2.70 bits per heavy atom. The lowest BCUT2D eigenvalue weighted by Gasteiger charge is -2.21. The van der Waals surface area contributed by atoms with Gasteiger partial charge in [0.15, 0.2) is 5.96 Å². The number of aliphatic imine (C=N–C) groups is 1. The summed E-state index contributed by atoms with van der Waals surface area (Å²) in [7, 11) is 5.53. The molecule has 0 amide bonds. The Hall–Kier alpha value is -0.900. The summed E-state index contributed by atoms with van der Waals surface area (Å²) >= 11 is 7.55. The predicted molar refractivity (Wildman–Crippen MR) is 126 cm³/mol. The molecule has 0 aliphatic carbocycles. The SMILES string of the molecule is CN=C(NCCCc1ccc(Cl)cc1)N(C)Cc1csc(C(C)OC)n1.I. The Balaban J connectivity index is 0.00000364. The summed E-state index contributed by atoms with van der Waals surface area (Å²) in [5, 5.41) is 7.27. The first-order chi connectivity index (χ1) is 12.5. The molecule has 1 unspecified atom stereocenters. The Morgan fingerprint density at radius 2 is 2.07 bits per heavy atom. The van der Waals surface area contributed by atoms with Crippen LogP contribution in [0.4, 0.5) is 0 Å². The quantitative estimate of drug-likeness (QED) is 0.235. The van der Waals surface area contributed by atoms with Crippen molar-refractivity contribution < 1.29 is 4.74 Å². The summed E-state index contributed by atoms with van der Waals surface area (Å²) in [6, 6.07) is 8.02. The van der Waals surface area contributed by atoms with Gasteiger partial charge in [0.25, 0.3) is 0 Å². The first kappa shape index (κ1) is 24.1. The van der Waals surface area contributed by atoms with Gasteiger partial charge in [0.2, 0.25) is 0 Å². The van der Waals surface area contributed by atoms with E-state index in [1.165, 1.54) is 5.56 Å². The second-order valence-corrected chi connectivity index (χ2v) is 7.44. The minimum Gasteiger partial charge on any atom is -0.375 e. The molecule has 0 aliphatic rings. The largest absolute Gasteiger partial charge is 0.375 e. The average Bonchev–Trinajstić information content (AvgIpc) is 3.11. The number of rotatable bonds is 8. The van der Waals surface area contributed by atoms with Gasteiger partial charge in [-0.3, -0.25) is 4.99 Å². The topological polar surface area (TPSA) is 49.8 Å². The van der Waals surface area contributed by atoms with E-state index < -0.39 is 0 Å². The molecule has 1 atom stereocenters. The second-order valence-electron chi connectivity index (χ2n) is 6.12. The number of nitrogens with zero attached hydrogens (tertiary/aromatic N) is 3. The molecular weight excluding hydrogens is 495 g/mol. The molecule has 0 radical (unpaired) electrons. The first-order valence-electron chi connectivity index (χ1n) is 8.66. The van der Waals surface area contributed by atoms with Crippen LogP contribution in [-0.2, 0) is 17.7 Å². The molecule has 27 heavy (non-hydrogen) atoms. The van der Waals surface area contributed by atoms with Crippen molar-refractivity contribution in [1.82, 2.24) is 15.2 Å². The number of aryl methyl sites for hydroxylation is 1. The smallest absolute Gasteiger partial charge is 0.193 e. The van der Waals surface area contributed by atoms with Gasteiger partial charge >= 0.3 is 0 Å². The Labute approximate surface area is 188 Å². The Kier molecular flexibility index (Phi) is 11.2. The van der Waals surface area contributed by atoms with E-state index >= 15 is 0 Å². The van der Waals surface area contributed by atoms with Crippen LogP contribution in [0.5, 0.6) is 0 Å². The van der Waals surface area contributed by atoms with Gasteiger partial charge in [-0.05, 0) is 37.5 Å². The van der Waals surface area contributed by atoms with Gasteiger partial charge in [0, 0.05) is 38.2 Å². The maximum absolute atomic E-state index is 5.92. The summed E-state index contributed by atoms with van der Waals surface area (Å²) < 4.78 is 5.32. The van der Waals surface area contributed by atoms with Crippen molar-refractivity contribution in [3.8, 4) is 0 Å². The number of thiazole rings is 1. The molecule has 0 spiro atoms. The Morgan fingerprint density at radius 1 is 1.37 bits per heavy atom. The standard InChI is InChI=1S/C19H27ClN4OS.HI/c1-14(25-4)18-23-17(13-26-18)12-24(3)19(21-2)22-11-5-6-15-7-9-16(20)10-8-15;/h7-10,13-14H,5-6,11-12H2,1-4H3,(H,21,22);1H. The molecule has 2 rings (SSSR count). The minimum absolute atomic E-state index is 0. The third-order valence-corrected chi connectivity index (χ3v) is 5.39. The lowest BCUT2D eigenvalue weighted by molar-refractivity contribution is 0.119. The summed E-state index contributed by atoms with van der Waals surface area (Å²) in [4.78, 5) is 11.1. The molecule has 0 aliphatic heterocycles. The molecule has 1 aromatic carbocycles. The van der Waals surface area contributed by atoms with E-state index in [1.54, 1.807) is 25.5 Å². The highest BCUT2D eigenvalue weighted by atomic mass is 127. The van der Waals surface area contributed by atoms with Crippen LogP contribution in [0.25, 0.3) is 0 Å². The molecule has 8 heteroatoms. The van der Waals surface area contributed by atoms with Crippen LogP contribution in [0.3, 0.4) is 0 Å². The second kappa shape index (κ2) is 12.5. The number of benzene rings is 1. The van der Waals surface area contributed by atoms with Crippen molar-refractivity contribution >= 4 is 52.9 Å². The molecule has 0 saturated heterocycles. The number of nitrogens with one attached hydrogen (secondary N) is 1. The number of hydrogen-bond acceptors (Lipinski definition) is 4. The zero-order chi connectivity index (χ0) is 18.9. The molecule has 1 aromatic heterocycles. The van der Waals surface area contributed by atoms with Gasteiger partial charge in [0.05, 0.1) is 12.2 Å². The fraction of sp³-hybridized carbons (Fsp3) is 0.474. The lowest BCUT2D eigenvalue weighted by Crippen LogP contribution is -2.39. The van der Waals surface area contributed by atoms with Crippen LogP contribution in [0.1, 0.15) is 35.7 Å². The van der Waals surface area contributed by atoms with Gasteiger partial charge in [-0.15, -0.1) is 35.3 Å². The summed E-state index contributed by atoms with van der Waals surface area (Å²) in [5.74, 6) is 0.871. The van der Waals surface area contributed by atoms with Gasteiger partial charge in [-0.25, -0.2) is 4.98 Å². The van der Waals surface area contributed by atoms with Crippen LogP contribution < -0.4 is 5.32 Å². The van der Waals surface area contributed by atoms with E-state index in [2.05, 4.69) is 37.7 Å². The maximum Gasteiger partial charge on any atom is 0.193 e. The van der Waals surface area contributed by atoms with Crippen LogP contribution in [0, 0.1) is 0 Å². The number of ether oxygens (including phenoxy) is 1. The van der Waals surface area contributed by atoms with E-state index in [0.29, 0.717) is 6.54 Å². The highest BCUT2D eigenvalue weighted by Gasteiger charge is 2.12. The number of aromatic nitrogens is 1. The van der Waals surface area contributed by atoms with Crippen molar-refractivity contribution in [1.29, 1.82) is 0 Å². The molecule has 5 nitrogen and oxygen atoms in total. The predicted octanol–water partition coefficient (Wildman–Crippen LogP) is 4.76. The normalized spacial score (nSPS) is 12.4. The zero-order valence-corrected chi connectivity index (χ0v) is 20.1. The fourth-order valence-corrected chi connectivity index (χ4v) is 3.50. The van der Waals surface area contributed by atoms with E-state index in [1.807, 2.05) is 26.1 Å². The van der Waals surface area contributed by atoms with E-state index in [0.717, 1.165) is 41.1 Å². The third-order valence-electron chi connectivity index (χ3n) is 4.08. The number of hydrogen-bond donors (Lipinski definition) is 1. The average molecular weight is 523 g/mol. The summed E-state index contributed by atoms with van der Waals surface area (Å²) in [5.41, 5.74) is 2.32. The van der Waals surface area contributed by atoms with Crippen molar-refractivity contribution in [3.63, 3.8) is 0 Å². The number of methoxy groups -OCH3 is 1. The van der Waals surface area contributed by atoms with Crippen molar-refractivity contribution in [3.05, 3.63) is 50.9 Å². The summed E-state index contributed by atoms with van der Waals surface area (Å²) in [6.45, 7) is 3.58. The number of halogens is 2. The van der Waals surface area contributed by atoms with E-state index in [9.17, 15) is 0 Å². The molecule has 0 saturated carbocycles. The highest BCUT2D eigenvalue weighted by molar-refractivity contribution is 14.0. The van der Waals surface area contributed by atoms with Crippen LogP contribution in [0.15, 0.2) is 34.6 Å². The molecule has 1 heterocycles. The van der Waals surface area contributed by atoms with Gasteiger partial charge < -0.3 is 15.0 Å². The zero-order valence-electron chi connectivity index (χ0n) is 16.2. The third kappa shape index (κ3) is 7.93. The Bertz CT molecular complexity index is 708. The summed E-state index contributed by atoms with van der Waals surface area (Å²) in [6.07, 6.45) is 2.07. The lowest BCUT2D eigenvalue weighted by atomic mass is 10.1. The van der Waals surface area contributed by atoms with Crippen molar-refractivity contribution in [2.45, 2.75) is 32.4 Å². The first-order valence-corrected chi connectivity index (χ1v) is 9.92. The molecular formula is C19H28ClIN4OS. The van der Waals surface area contributed by atoms with Crippen LogP contribution >= 0.6 is 46.9 Å². The van der Waals surface area contributed by atoms with Crippen molar-refractivity contribution in [2.75, 3.05) is 27.7 Å². The molecule has 2 aromatic rings. The molecule has 0 bridgehead atoms. The molecule has 1 N–H and O–H groups in total. The monoisotopic (exact) mass is 522 g/mol. The van der Waals surface area contributed by atoms with Crippen LogP contribution in [0.2, 0.25) is 5.02 Å². The van der Waals surface area contributed by atoms with Crippen LogP contribution in [-0.4, -0.2) is 43.6 Å². The van der Waals surface area contributed by atoms with Gasteiger partial charge in [-0.2, -0.15) is 0 Å².